The number of amides is 1. The molecule has 1 aliphatic heterocycles. The van der Waals surface area contributed by atoms with E-state index in [0.29, 0.717) is 0 Å². The molecule has 0 saturated carbocycles. The number of thioether (sulfide) groups is 1. The quantitative estimate of drug-likeness (QED) is 0.881. The second-order valence-electron chi connectivity index (χ2n) is 6.92. The van der Waals surface area contributed by atoms with Gasteiger partial charge in [-0.25, -0.2) is 0 Å². The highest BCUT2D eigenvalue weighted by molar-refractivity contribution is 7.99. The lowest BCUT2D eigenvalue weighted by Gasteiger charge is -2.35. The van der Waals surface area contributed by atoms with Gasteiger partial charge >= 0.3 is 0 Å². The van der Waals surface area contributed by atoms with Gasteiger partial charge in [0.15, 0.2) is 0 Å². The van der Waals surface area contributed by atoms with Gasteiger partial charge in [-0.1, -0.05) is 13.8 Å². The van der Waals surface area contributed by atoms with Gasteiger partial charge in [-0.05, 0) is 24.8 Å². The van der Waals surface area contributed by atoms with Crippen molar-refractivity contribution < 1.29 is 9.21 Å². The Labute approximate surface area is 130 Å². The minimum Gasteiger partial charge on any atom is -0.466 e. The monoisotopic (exact) mass is 308 g/mol. The summed E-state index contributed by atoms with van der Waals surface area (Å²) in [7, 11) is 0. The van der Waals surface area contributed by atoms with Crippen LogP contribution in [0, 0.1) is 12.3 Å². The highest BCUT2D eigenvalue weighted by atomic mass is 32.2. The Morgan fingerprint density at radius 1 is 1.52 bits per heavy atom. The lowest BCUT2D eigenvalue weighted by Crippen LogP contribution is -2.50. The molecule has 2 unspecified atom stereocenters. The maximum Gasteiger partial charge on any atom is 0.238 e. The lowest BCUT2D eigenvalue weighted by atomic mass is 9.74. The molecule has 2 atom stereocenters. The Kier molecular flexibility index (Phi) is 4.06. The molecule has 1 aliphatic carbocycles. The molecule has 1 saturated heterocycles. The van der Waals surface area contributed by atoms with Crippen molar-refractivity contribution in [2.75, 3.05) is 18.1 Å². The van der Waals surface area contributed by atoms with E-state index in [9.17, 15) is 4.79 Å². The molecular weight excluding hydrogens is 284 g/mol. The fraction of sp³-hybridized carbons (Fsp3) is 0.688. The second-order valence-corrected chi connectivity index (χ2v) is 8.07. The van der Waals surface area contributed by atoms with E-state index >= 15 is 0 Å². The van der Waals surface area contributed by atoms with Crippen molar-refractivity contribution in [3.8, 4) is 0 Å². The van der Waals surface area contributed by atoms with Crippen molar-refractivity contribution in [3.05, 3.63) is 23.2 Å². The third-order valence-electron chi connectivity index (χ3n) is 4.29. The van der Waals surface area contributed by atoms with Crippen molar-refractivity contribution in [1.29, 1.82) is 0 Å². The average molecular weight is 308 g/mol. The third-order valence-corrected chi connectivity index (χ3v) is 5.35. The molecule has 0 aromatic carbocycles. The summed E-state index contributed by atoms with van der Waals surface area (Å²) in [6, 6.07) is 2.09. The van der Waals surface area contributed by atoms with Crippen LogP contribution in [0.5, 0.6) is 0 Å². The van der Waals surface area contributed by atoms with Gasteiger partial charge in [0.05, 0.1) is 12.1 Å². The Morgan fingerprint density at radius 2 is 2.33 bits per heavy atom. The van der Waals surface area contributed by atoms with Gasteiger partial charge in [0.1, 0.15) is 11.5 Å². The molecule has 21 heavy (non-hydrogen) atoms. The van der Waals surface area contributed by atoms with Gasteiger partial charge in [-0.3, -0.25) is 4.79 Å². The second kappa shape index (κ2) is 5.69. The predicted octanol–water partition coefficient (Wildman–Crippen LogP) is 2.42. The molecule has 1 fully saturated rings. The number of fused-ring (bicyclic) bond motifs is 1. The molecule has 3 rings (SSSR count). The zero-order chi connectivity index (χ0) is 15.0. The van der Waals surface area contributed by atoms with Crippen LogP contribution in [0.25, 0.3) is 0 Å². The number of nitrogens with one attached hydrogen (secondary N) is 2. The van der Waals surface area contributed by atoms with Crippen molar-refractivity contribution in [1.82, 2.24) is 10.6 Å². The Balaban J connectivity index is 1.76. The van der Waals surface area contributed by atoms with Crippen LogP contribution in [-0.2, 0) is 11.2 Å². The van der Waals surface area contributed by atoms with Crippen molar-refractivity contribution in [2.45, 2.75) is 45.7 Å². The van der Waals surface area contributed by atoms with Gasteiger partial charge in [-0.15, -0.1) is 0 Å². The molecule has 0 radical (unpaired) electrons. The summed E-state index contributed by atoms with van der Waals surface area (Å²) in [5, 5.41) is 6.54. The standard InChI is InChI=1S/C16H24N2O2S/c1-10-6-11-12(7-16(2,3)8-14(11)20-10)18-15(19)13-9-21-5-4-17-13/h6,12-13,17H,4-5,7-9H2,1-3H3,(H,18,19). The van der Waals surface area contributed by atoms with E-state index in [0.717, 1.165) is 42.4 Å². The van der Waals surface area contributed by atoms with Gasteiger partial charge in [0.25, 0.3) is 0 Å². The molecule has 2 aliphatic rings. The van der Waals surface area contributed by atoms with Crippen molar-refractivity contribution >= 4 is 17.7 Å². The molecule has 116 valence electrons. The summed E-state index contributed by atoms with van der Waals surface area (Å²) < 4.78 is 5.83. The fourth-order valence-electron chi connectivity index (χ4n) is 3.32. The topological polar surface area (TPSA) is 54.3 Å². The Hall–Kier alpha value is -0.940. The van der Waals surface area contributed by atoms with Crippen LogP contribution >= 0.6 is 11.8 Å². The molecule has 1 amide bonds. The smallest absolute Gasteiger partial charge is 0.238 e. The molecule has 0 spiro atoms. The number of carbonyl (C=O) groups is 1. The van der Waals surface area contributed by atoms with Crippen LogP contribution in [-0.4, -0.2) is 30.0 Å². The summed E-state index contributed by atoms with van der Waals surface area (Å²) in [6.45, 7) is 7.36. The summed E-state index contributed by atoms with van der Waals surface area (Å²) in [5.41, 5.74) is 1.33. The van der Waals surface area contributed by atoms with Gasteiger partial charge in [-0.2, -0.15) is 11.8 Å². The predicted molar refractivity (Wildman–Crippen MR) is 85.5 cm³/mol. The first-order chi connectivity index (χ1) is 9.94. The summed E-state index contributed by atoms with van der Waals surface area (Å²) in [6.07, 6.45) is 1.91. The van der Waals surface area contributed by atoms with Gasteiger partial charge in [0, 0.05) is 30.0 Å². The Bertz CT molecular complexity index is 532. The van der Waals surface area contributed by atoms with Gasteiger partial charge < -0.3 is 15.1 Å². The average Bonchev–Trinajstić information content (AvgIpc) is 2.78. The molecule has 2 heterocycles. The van der Waals surface area contributed by atoms with Crippen LogP contribution in [0.2, 0.25) is 0 Å². The number of hydrogen-bond donors (Lipinski definition) is 2. The van der Waals surface area contributed by atoms with E-state index in [-0.39, 0.29) is 23.4 Å². The SMILES string of the molecule is Cc1cc2c(o1)CC(C)(C)CC2NC(=O)C1CSCCN1. The molecular formula is C16H24N2O2S. The highest BCUT2D eigenvalue weighted by Crippen LogP contribution is 2.42. The first-order valence-corrected chi connectivity index (χ1v) is 8.81. The van der Waals surface area contributed by atoms with Crippen LogP contribution in [0.15, 0.2) is 10.5 Å². The minimum atomic E-state index is -0.0646. The molecule has 1 aromatic heterocycles. The van der Waals surface area contributed by atoms with Gasteiger partial charge in [0.2, 0.25) is 5.91 Å². The van der Waals surface area contributed by atoms with E-state index in [1.54, 1.807) is 0 Å². The van der Waals surface area contributed by atoms with E-state index in [4.69, 9.17) is 4.42 Å². The van der Waals surface area contributed by atoms with Crippen LogP contribution in [0.1, 0.15) is 43.4 Å². The molecule has 0 bridgehead atoms. The highest BCUT2D eigenvalue weighted by Gasteiger charge is 2.36. The summed E-state index contributed by atoms with van der Waals surface area (Å²) in [5.74, 6) is 4.04. The number of aryl methyl sites for hydroxylation is 1. The number of hydrogen-bond acceptors (Lipinski definition) is 4. The normalized spacial score (nSPS) is 28.0. The largest absolute Gasteiger partial charge is 0.466 e. The van der Waals surface area contributed by atoms with Crippen molar-refractivity contribution in [3.63, 3.8) is 0 Å². The number of carbonyl (C=O) groups excluding carboxylic acids is 1. The first kappa shape index (κ1) is 15.0. The Morgan fingerprint density at radius 3 is 3.05 bits per heavy atom. The molecule has 4 nitrogen and oxygen atoms in total. The lowest BCUT2D eigenvalue weighted by molar-refractivity contribution is -0.123. The zero-order valence-corrected chi connectivity index (χ0v) is 13.8. The van der Waals surface area contributed by atoms with E-state index < -0.39 is 0 Å². The maximum atomic E-state index is 12.5. The fourth-order valence-corrected chi connectivity index (χ4v) is 4.25. The first-order valence-electron chi connectivity index (χ1n) is 7.65. The summed E-state index contributed by atoms with van der Waals surface area (Å²) >= 11 is 1.84. The van der Waals surface area contributed by atoms with Crippen LogP contribution < -0.4 is 10.6 Å². The zero-order valence-electron chi connectivity index (χ0n) is 13.0. The van der Waals surface area contributed by atoms with Crippen LogP contribution in [0.4, 0.5) is 0 Å². The van der Waals surface area contributed by atoms with E-state index in [1.165, 1.54) is 5.56 Å². The summed E-state index contributed by atoms with van der Waals surface area (Å²) in [4.78, 5) is 12.5. The van der Waals surface area contributed by atoms with Crippen molar-refractivity contribution in [2.24, 2.45) is 5.41 Å². The minimum absolute atomic E-state index is 0.0646. The number of furan rings is 1. The number of rotatable bonds is 2. The third kappa shape index (κ3) is 3.29. The molecule has 1 aromatic rings. The molecule has 2 N–H and O–H groups in total. The van der Waals surface area contributed by atoms with Crippen LogP contribution in [0.3, 0.4) is 0 Å². The van der Waals surface area contributed by atoms with E-state index in [2.05, 4.69) is 30.5 Å². The molecule has 5 heteroatoms. The van der Waals surface area contributed by atoms with E-state index in [1.807, 2.05) is 18.7 Å². The maximum absolute atomic E-state index is 12.5.